The maximum Gasteiger partial charge on any atom is 0.269 e. The minimum absolute atomic E-state index is 0.0276. The van der Waals surface area contributed by atoms with E-state index in [2.05, 4.69) is 0 Å². The molecule has 8 heteroatoms. The molecule has 1 aliphatic carbocycles. The zero-order valence-electron chi connectivity index (χ0n) is 21.0. The van der Waals surface area contributed by atoms with Gasteiger partial charge in [0.15, 0.2) is 5.78 Å². The molecular weight excluding hydrogens is 502 g/mol. The number of allylic oxidation sites excluding steroid dienone is 2. The SMILES string of the molecule is Cc1ccc(/C(O)=C2\C(=N)N(c3ccc(C)c(Cl)c3)C3=C(C(=O)CCC3)C2c2ccc([N+](=O)[O-])cc2)cc1. The fourth-order valence-electron chi connectivity index (χ4n) is 5.19. The Morgan fingerprint density at radius 3 is 2.37 bits per heavy atom. The lowest BCUT2D eigenvalue weighted by Gasteiger charge is -2.42. The van der Waals surface area contributed by atoms with Gasteiger partial charge in [0.2, 0.25) is 0 Å². The molecule has 0 radical (unpaired) electrons. The van der Waals surface area contributed by atoms with Crippen LogP contribution in [0.25, 0.3) is 5.76 Å². The number of nitro groups is 1. The normalized spacial score (nSPS) is 18.9. The Hall–Kier alpha value is -4.23. The van der Waals surface area contributed by atoms with E-state index in [1.54, 1.807) is 35.2 Å². The summed E-state index contributed by atoms with van der Waals surface area (Å²) in [5.41, 5.74) is 5.00. The molecule has 0 spiro atoms. The van der Waals surface area contributed by atoms with E-state index in [4.69, 9.17) is 11.6 Å². The molecular formula is C30H26ClN3O4. The maximum atomic E-state index is 13.5. The van der Waals surface area contributed by atoms with E-state index in [0.717, 1.165) is 11.1 Å². The van der Waals surface area contributed by atoms with Gasteiger partial charge < -0.3 is 5.11 Å². The predicted molar refractivity (Wildman–Crippen MR) is 149 cm³/mol. The van der Waals surface area contributed by atoms with Gasteiger partial charge in [0.25, 0.3) is 5.69 Å². The molecule has 2 aliphatic rings. The number of nitrogens with zero attached hydrogens (tertiary/aromatic N) is 2. The van der Waals surface area contributed by atoms with Crippen molar-refractivity contribution < 1.29 is 14.8 Å². The Kier molecular flexibility index (Phi) is 6.63. The van der Waals surface area contributed by atoms with Gasteiger partial charge in [-0.3, -0.25) is 25.2 Å². The molecule has 0 saturated heterocycles. The third-order valence-electron chi connectivity index (χ3n) is 7.19. The highest BCUT2D eigenvalue weighted by Gasteiger charge is 2.43. The van der Waals surface area contributed by atoms with Crippen molar-refractivity contribution in [3.8, 4) is 0 Å². The zero-order chi connectivity index (χ0) is 27.1. The van der Waals surface area contributed by atoms with E-state index >= 15 is 0 Å². The number of anilines is 1. The number of Topliss-reactive ketones (excluding diaryl/α,β-unsaturated/α-hetero) is 1. The fraction of sp³-hybridized carbons (Fsp3) is 0.200. The van der Waals surface area contributed by atoms with Gasteiger partial charge in [0, 0.05) is 57.6 Å². The molecule has 1 atom stereocenters. The van der Waals surface area contributed by atoms with Gasteiger partial charge in [0.1, 0.15) is 11.6 Å². The van der Waals surface area contributed by atoms with Crippen LogP contribution in [0.15, 0.2) is 83.6 Å². The topological polar surface area (TPSA) is 108 Å². The van der Waals surface area contributed by atoms with Crippen molar-refractivity contribution in [2.24, 2.45) is 0 Å². The largest absolute Gasteiger partial charge is 0.507 e. The highest BCUT2D eigenvalue weighted by molar-refractivity contribution is 6.32. The van der Waals surface area contributed by atoms with E-state index in [1.807, 2.05) is 38.1 Å². The van der Waals surface area contributed by atoms with Crippen LogP contribution in [0, 0.1) is 29.4 Å². The minimum Gasteiger partial charge on any atom is -0.507 e. The van der Waals surface area contributed by atoms with Crippen LogP contribution in [0.4, 0.5) is 11.4 Å². The molecule has 3 aromatic rings. The molecule has 1 heterocycles. The van der Waals surface area contributed by atoms with Crippen LogP contribution < -0.4 is 4.90 Å². The fourth-order valence-corrected chi connectivity index (χ4v) is 5.36. The van der Waals surface area contributed by atoms with Crippen molar-refractivity contribution >= 4 is 40.4 Å². The maximum absolute atomic E-state index is 13.5. The molecule has 7 nitrogen and oxygen atoms in total. The van der Waals surface area contributed by atoms with E-state index in [9.17, 15) is 25.4 Å². The van der Waals surface area contributed by atoms with Crippen LogP contribution in [0.5, 0.6) is 0 Å². The number of benzene rings is 3. The highest BCUT2D eigenvalue weighted by atomic mass is 35.5. The summed E-state index contributed by atoms with van der Waals surface area (Å²) in [4.78, 5) is 26.1. The lowest BCUT2D eigenvalue weighted by molar-refractivity contribution is -0.384. The minimum atomic E-state index is -0.760. The number of carbonyl (C=O) groups is 1. The van der Waals surface area contributed by atoms with Crippen LogP contribution in [0.2, 0.25) is 5.02 Å². The number of nitro benzene ring substituents is 1. The average Bonchev–Trinajstić information content (AvgIpc) is 2.90. The van der Waals surface area contributed by atoms with Gasteiger partial charge in [-0.2, -0.15) is 0 Å². The summed E-state index contributed by atoms with van der Waals surface area (Å²) < 4.78 is 0. The Morgan fingerprint density at radius 2 is 1.74 bits per heavy atom. The second kappa shape index (κ2) is 9.91. The van der Waals surface area contributed by atoms with Crippen LogP contribution in [-0.2, 0) is 4.79 Å². The molecule has 0 amide bonds. The molecule has 5 rings (SSSR count). The zero-order valence-corrected chi connectivity index (χ0v) is 21.7. The summed E-state index contributed by atoms with van der Waals surface area (Å²) in [6.45, 7) is 3.83. The standard InChI is InChI=1S/C30H26ClN3O4/c1-17-6-9-20(10-7-17)29(36)28-26(19-11-14-21(15-12-19)34(37)38)27-24(4-3-5-25(27)35)33(30(28)32)22-13-8-18(2)23(31)16-22/h6-16,26,32,36H,3-5H2,1-2H3/b29-28+,32-30?. The van der Waals surface area contributed by atoms with Crippen molar-refractivity contribution in [2.45, 2.75) is 39.0 Å². The van der Waals surface area contributed by atoms with Gasteiger partial charge >= 0.3 is 0 Å². The summed E-state index contributed by atoms with van der Waals surface area (Å²) in [7, 11) is 0. The Labute approximate surface area is 225 Å². The number of ketones is 1. The lowest BCUT2D eigenvalue weighted by Crippen LogP contribution is -2.42. The molecule has 0 fully saturated rings. The van der Waals surface area contributed by atoms with Gasteiger partial charge in [-0.1, -0.05) is 59.6 Å². The number of hydrogen-bond donors (Lipinski definition) is 2. The van der Waals surface area contributed by atoms with E-state index in [1.165, 1.54) is 12.1 Å². The first-order valence-electron chi connectivity index (χ1n) is 12.3. The van der Waals surface area contributed by atoms with E-state index in [0.29, 0.717) is 52.4 Å². The first-order chi connectivity index (χ1) is 18.2. The number of nitrogens with one attached hydrogen (secondary N) is 1. The van der Waals surface area contributed by atoms with E-state index < -0.39 is 10.8 Å². The summed E-state index contributed by atoms with van der Waals surface area (Å²) >= 11 is 6.46. The third-order valence-corrected chi connectivity index (χ3v) is 7.59. The monoisotopic (exact) mass is 527 g/mol. The van der Waals surface area contributed by atoms with Crippen LogP contribution in [0.1, 0.15) is 47.4 Å². The number of hydrogen-bond acceptors (Lipinski definition) is 5. The molecule has 3 aromatic carbocycles. The highest BCUT2D eigenvalue weighted by Crippen LogP contribution is 2.48. The predicted octanol–water partition coefficient (Wildman–Crippen LogP) is 7.42. The smallest absolute Gasteiger partial charge is 0.269 e. The first-order valence-corrected chi connectivity index (χ1v) is 12.7. The number of carbonyl (C=O) groups excluding carboxylic acids is 1. The van der Waals surface area contributed by atoms with Crippen molar-refractivity contribution in [3.63, 3.8) is 0 Å². The molecule has 0 aromatic heterocycles. The number of aliphatic hydroxyl groups is 1. The number of amidine groups is 1. The number of aryl methyl sites for hydroxylation is 2. The molecule has 1 unspecified atom stereocenters. The van der Waals surface area contributed by atoms with Crippen molar-refractivity contribution in [1.29, 1.82) is 5.41 Å². The summed E-state index contributed by atoms with van der Waals surface area (Å²) in [5, 5.41) is 32.9. The lowest BCUT2D eigenvalue weighted by atomic mass is 9.73. The van der Waals surface area contributed by atoms with Crippen LogP contribution in [0.3, 0.4) is 0 Å². The molecule has 0 bridgehead atoms. The van der Waals surface area contributed by atoms with Gasteiger partial charge in [-0.25, -0.2) is 0 Å². The summed E-state index contributed by atoms with van der Waals surface area (Å²) in [6, 6.07) is 18.7. The second-order valence-corrected chi connectivity index (χ2v) is 10.1. The molecule has 0 saturated carbocycles. The summed E-state index contributed by atoms with van der Waals surface area (Å²) in [5.74, 6) is -0.921. The van der Waals surface area contributed by atoms with E-state index in [-0.39, 0.29) is 28.6 Å². The molecule has 2 N–H and O–H groups in total. The first kappa shape index (κ1) is 25.4. The summed E-state index contributed by atoms with van der Waals surface area (Å²) in [6.07, 6.45) is 1.55. The third kappa shape index (κ3) is 4.39. The average molecular weight is 528 g/mol. The van der Waals surface area contributed by atoms with Gasteiger partial charge in [0.05, 0.1) is 4.92 Å². The number of halogens is 1. The van der Waals surface area contributed by atoms with Crippen molar-refractivity contribution in [1.82, 2.24) is 0 Å². The number of non-ortho nitro benzene ring substituents is 1. The molecule has 192 valence electrons. The van der Waals surface area contributed by atoms with Crippen molar-refractivity contribution in [2.75, 3.05) is 4.90 Å². The quantitative estimate of drug-likeness (QED) is 0.208. The van der Waals surface area contributed by atoms with Crippen LogP contribution >= 0.6 is 11.6 Å². The molecule has 38 heavy (non-hydrogen) atoms. The van der Waals surface area contributed by atoms with Crippen LogP contribution in [-0.4, -0.2) is 21.6 Å². The number of aliphatic hydroxyl groups excluding tert-OH is 1. The molecule has 1 aliphatic heterocycles. The van der Waals surface area contributed by atoms with Crippen molar-refractivity contribution in [3.05, 3.63) is 121 Å². The van der Waals surface area contributed by atoms with Gasteiger partial charge in [-0.05, 0) is 49.9 Å². The Bertz CT molecular complexity index is 1540. The second-order valence-electron chi connectivity index (χ2n) is 9.66. The Morgan fingerprint density at radius 1 is 1.05 bits per heavy atom. The number of rotatable bonds is 4. The Balaban J connectivity index is 1.81. The van der Waals surface area contributed by atoms with Gasteiger partial charge in [-0.15, -0.1) is 0 Å².